The molecule has 0 unspecified atom stereocenters. The summed E-state index contributed by atoms with van der Waals surface area (Å²) in [5.41, 5.74) is 2.11. The highest BCUT2D eigenvalue weighted by molar-refractivity contribution is 5.76. The van der Waals surface area contributed by atoms with Crippen molar-refractivity contribution in [3.05, 3.63) is 23.8 Å². The third-order valence-corrected chi connectivity index (χ3v) is 14.3. The first-order valence-corrected chi connectivity index (χ1v) is 28.0. The number of nitrogens with one attached hydrogen (secondary N) is 2. The van der Waals surface area contributed by atoms with Gasteiger partial charge in [-0.3, -0.25) is 19.0 Å². The van der Waals surface area contributed by atoms with E-state index in [1.807, 2.05) is 9.36 Å². The van der Waals surface area contributed by atoms with Gasteiger partial charge < -0.3 is 61.0 Å². The maximum absolute atomic E-state index is 12.3. The van der Waals surface area contributed by atoms with Crippen molar-refractivity contribution in [2.75, 3.05) is 13.2 Å². The van der Waals surface area contributed by atoms with Gasteiger partial charge in [0.15, 0.2) is 12.5 Å². The number of nitrogens with zero attached hydrogens (tertiary/aromatic N) is 6. The summed E-state index contributed by atoms with van der Waals surface area (Å²) in [5.74, 6) is -0.574. The molecule has 10 atom stereocenters. The van der Waals surface area contributed by atoms with Crippen LogP contribution >= 0.6 is 0 Å². The van der Waals surface area contributed by atoms with Gasteiger partial charge in [0.1, 0.15) is 48.8 Å². The summed E-state index contributed by atoms with van der Waals surface area (Å²) < 4.78 is 14.7. The molecular weight excluding hydrogens is 929 g/mol. The van der Waals surface area contributed by atoms with Gasteiger partial charge in [-0.1, -0.05) is 152 Å². The van der Waals surface area contributed by atoms with E-state index in [2.05, 4.69) is 43.7 Å². The van der Waals surface area contributed by atoms with Gasteiger partial charge in [-0.25, -0.2) is 0 Å². The second-order valence-corrected chi connectivity index (χ2v) is 20.5. The standard InChI is InChI=1S/C52H94N8O12/c61-37-41-45(65)47(67)49(69)51(71-41)53-43(63)31-23-19-15-11-7-3-1-5-9-13-17-21-27-33-59-35-39(55-57-59)29-25-26-30-40-36-60(58-56-40)34-28-22-18-14-10-6-2-4-8-12-16-20-24-32-44(64)54-52-50(70)48(68)46(66)42(38-62)72-52/h35-36,41-42,45-52,61-62,65-70H,1-34,37-38H2,(H,53,63)(H,54,64)/t41-,42-,45-,46-,47+,48+,49-,50-,51-,52-/m1/s1. The van der Waals surface area contributed by atoms with Crippen LogP contribution in [0.2, 0.25) is 0 Å². The zero-order valence-electron chi connectivity index (χ0n) is 43.3. The Hall–Kier alpha value is -3.18. The number of aliphatic hydroxyl groups is 8. The Kier molecular flexibility index (Phi) is 31.3. The average Bonchev–Trinajstić information content (AvgIpc) is 4.04. The highest BCUT2D eigenvalue weighted by Crippen LogP contribution is 2.22. The quantitative estimate of drug-likeness (QED) is 0.0418. The van der Waals surface area contributed by atoms with Crippen LogP contribution in [0.4, 0.5) is 0 Å². The van der Waals surface area contributed by atoms with Gasteiger partial charge in [0.25, 0.3) is 0 Å². The molecule has 20 heteroatoms. The summed E-state index contributed by atoms with van der Waals surface area (Å²) in [6.45, 7) is 0.783. The number of ether oxygens (including phenoxy) is 2. The highest BCUT2D eigenvalue weighted by atomic mass is 16.6. The van der Waals surface area contributed by atoms with Crippen molar-refractivity contribution in [3.8, 4) is 0 Å². The lowest BCUT2D eigenvalue weighted by atomic mass is 9.98. The van der Waals surface area contributed by atoms with Crippen LogP contribution in [0.1, 0.15) is 204 Å². The maximum atomic E-state index is 12.3. The molecule has 0 aliphatic carbocycles. The Morgan fingerprint density at radius 2 is 0.708 bits per heavy atom. The second kappa shape index (κ2) is 36.7. The minimum Gasteiger partial charge on any atom is -0.394 e. The number of hydrogen-bond acceptors (Lipinski definition) is 16. The molecule has 2 aliphatic heterocycles. The van der Waals surface area contributed by atoms with Crippen LogP contribution in [-0.4, -0.2) is 157 Å². The van der Waals surface area contributed by atoms with Crippen LogP contribution in [0, 0.1) is 0 Å². The summed E-state index contributed by atoms with van der Waals surface area (Å²) >= 11 is 0. The van der Waals surface area contributed by atoms with Crippen molar-refractivity contribution in [3.63, 3.8) is 0 Å². The largest absolute Gasteiger partial charge is 0.394 e. The lowest BCUT2D eigenvalue weighted by Crippen LogP contribution is -2.63. The van der Waals surface area contributed by atoms with E-state index in [1.54, 1.807) is 0 Å². The maximum Gasteiger partial charge on any atom is 0.222 e. The molecule has 4 rings (SSSR count). The fourth-order valence-corrected chi connectivity index (χ4v) is 9.65. The van der Waals surface area contributed by atoms with Crippen LogP contribution in [0.15, 0.2) is 12.4 Å². The van der Waals surface area contributed by atoms with Gasteiger partial charge in [-0.05, 0) is 51.4 Å². The van der Waals surface area contributed by atoms with E-state index in [0.29, 0.717) is 12.8 Å². The molecule has 72 heavy (non-hydrogen) atoms. The predicted octanol–water partition coefficient (Wildman–Crippen LogP) is 4.19. The van der Waals surface area contributed by atoms with E-state index in [4.69, 9.17) is 9.47 Å². The van der Waals surface area contributed by atoms with Gasteiger partial charge in [-0.2, -0.15) is 0 Å². The first-order chi connectivity index (χ1) is 35.0. The number of carbonyl (C=O) groups excluding carboxylic acids is 2. The predicted molar refractivity (Wildman–Crippen MR) is 270 cm³/mol. The molecule has 2 aromatic heterocycles. The molecule has 414 valence electrons. The van der Waals surface area contributed by atoms with Gasteiger partial charge in [0, 0.05) is 38.3 Å². The Bertz CT molecular complexity index is 1580. The van der Waals surface area contributed by atoms with E-state index >= 15 is 0 Å². The smallest absolute Gasteiger partial charge is 0.222 e. The Morgan fingerprint density at radius 1 is 0.417 bits per heavy atom. The van der Waals surface area contributed by atoms with Gasteiger partial charge in [0.2, 0.25) is 11.8 Å². The van der Waals surface area contributed by atoms with E-state index in [-0.39, 0.29) is 11.8 Å². The average molecular weight is 1020 g/mol. The fraction of sp³-hybridized carbons (Fsp3) is 0.885. The molecule has 2 fully saturated rings. The highest BCUT2D eigenvalue weighted by Gasteiger charge is 2.45. The molecule has 4 heterocycles. The summed E-state index contributed by atoms with van der Waals surface area (Å²) in [4.78, 5) is 24.5. The summed E-state index contributed by atoms with van der Waals surface area (Å²) in [5, 5.41) is 101. The van der Waals surface area contributed by atoms with E-state index in [9.17, 15) is 50.4 Å². The third kappa shape index (κ3) is 24.0. The first-order valence-electron chi connectivity index (χ1n) is 28.0. The summed E-state index contributed by atoms with van der Waals surface area (Å²) in [6.07, 6.45) is 25.6. The Balaban J connectivity index is 0.847. The number of unbranched alkanes of at least 4 members (excludes halogenated alkanes) is 25. The molecule has 0 aromatic carbocycles. The lowest BCUT2D eigenvalue weighted by molar-refractivity contribution is -0.236. The number of aliphatic hydroxyl groups excluding tert-OH is 8. The normalized spacial score (nSPS) is 24.4. The molecule has 2 saturated heterocycles. The SMILES string of the molecule is O=C(CCCCCCCCCCCCCCCn1cc(CCCCc2cn(CCCCCCCCCCCCCCCC(=O)N[C@@H]3O[C@H](CO)[C@@H](O)[C@H](O)[C@H]3O)nn2)nn1)N[C@@H]1O[C@H](CO)[C@@H](O)[C@H](O)[C@H]1O. The molecule has 2 amide bonds. The van der Waals surface area contributed by atoms with Crippen LogP contribution in [0.25, 0.3) is 0 Å². The van der Waals surface area contributed by atoms with E-state index < -0.39 is 74.5 Å². The summed E-state index contributed by atoms with van der Waals surface area (Å²) in [6, 6.07) is 0. The fourth-order valence-electron chi connectivity index (χ4n) is 9.65. The minimum atomic E-state index is -1.50. The van der Waals surface area contributed by atoms with Crippen molar-refractivity contribution < 1.29 is 59.9 Å². The number of hydrogen-bond donors (Lipinski definition) is 10. The van der Waals surface area contributed by atoms with Crippen molar-refractivity contribution >= 4 is 11.8 Å². The number of rotatable bonds is 41. The monoisotopic (exact) mass is 1020 g/mol. The van der Waals surface area contributed by atoms with Crippen LogP contribution < -0.4 is 10.6 Å². The molecule has 10 N–H and O–H groups in total. The van der Waals surface area contributed by atoms with Gasteiger partial charge >= 0.3 is 0 Å². The van der Waals surface area contributed by atoms with Crippen molar-refractivity contribution in [1.82, 2.24) is 40.6 Å². The molecule has 2 aromatic rings. The van der Waals surface area contributed by atoms with Gasteiger partial charge in [0.05, 0.1) is 24.6 Å². The lowest BCUT2D eigenvalue weighted by Gasteiger charge is -2.40. The molecule has 0 radical (unpaired) electrons. The molecular formula is C52H94N8O12. The van der Waals surface area contributed by atoms with E-state index in [0.717, 1.165) is 114 Å². The van der Waals surface area contributed by atoms with Crippen molar-refractivity contribution in [2.24, 2.45) is 0 Å². The van der Waals surface area contributed by atoms with Crippen LogP contribution in [0.3, 0.4) is 0 Å². The molecule has 0 bridgehead atoms. The zero-order chi connectivity index (χ0) is 51.8. The van der Waals surface area contributed by atoms with Crippen molar-refractivity contribution in [1.29, 1.82) is 0 Å². The molecule has 20 nitrogen and oxygen atoms in total. The zero-order valence-corrected chi connectivity index (χ0v) is 43.3. The number of aryl methyl sites for hydroxylation is 4. The molecule has 2 aliphatic rings. The Labute approximate surface area is 428 Å². The third-order valence-electron chi connectivity index (χ3n) is 14.3. The topological polar surface area (TPSA) is 300 Å². The first kappa shape index (κ1) is 61.4. The Morgan fingerprint density at radius 3 is 1.01 bits per heavy atom. The molecule has 0 saturated carbocycles. The minimum absolute atomic E-state index is 0.287. The summed E-state index contributed by atoms with van der Waals surface area (Å²) in [7, 11) is 0. The number of carbonyl (C=O) groups is 2. The van der Waals surface area contributed by atoms with Gasteiger partial charge in [-0.15, -0.1) is 10.2 Å². The second-order valence-electron chi connectivity index (χ2n) is 20.5. The number of amides is 2. The molecule has 0 spiro atoms. The van der Waals surface area contributed by atoms with Crippen molar-refractivity contribution in [2.45, 2.75) is 280 Å². The van der Waals surface area contributed by atoms with Crippen LogP contribution in [0.5, 0.6) is 0 Å². The van der Waals surface area contributed by atoms with Crippen LogP contribution in [-0.2, 0) is 45.0 Å². The van der Waals surface area contributed by atoms with E-state index in [1.165, 1.54) is 103 Å². The number of aromatic nitrogens is 6.